The Labute approximate surface area is 83.5 Å². The minimum Gasteiger partial charge on any atom is -0.378 e. The first kappa shape index (κ1) is 9.55. The molecule has 0 radical (unpaired) electrons. The van der Waals surface area contributed by atoms with Gasteiger partial charge in [0.15, 0.2) is 0 Å². The molecule has 0 aliphatic carbocycles. The quantitative estimate of drug-likeness (QED) is 0.766. The van der Waals surface area contributed by atoms with E-state index in [1.165, 1.54) is 0 Å². The van der Waals surface area contributed by atoms with Crippen LogP contribution in [-0.2, 0) is 17.7 Å². The Morgan fingerprint density at radius 2 is 2.50 bits per heavy atom. The van der Waals surface area contributed by atoms with Crippen LogP contribution in [0.25, 0.3) is 0 Å². The summed E-state index contributed by atoms with van der Waals surface area (Å²) in [5.41, 5.74) is 6.40. The molecule has 2 N–H and O–H groups in total. The van der Waals surface area contributed by atoms with Crippen LogP contribution in [0.4, 0.5) is 0 Å². The molecule has 1 aromatic rings. The second kappa shape index (κ2) is 4.48. The van der Waals surface area contributed by atoms with Crippen LogP contribution in [0.5, 0.6) is 0 Å². The van der Waals surface area contributed by atoms with Crippen molar-refractivity contribution in [3.05, 3.63) is 23.8 Å². The molecule has 1 aromatic heterocycles. The van der Waals surface area contributed by atoms with Gasteiger partial charge in [0.2, 0.25) is 0 Å². The van der Waals surface area contributed by atoms with Crippen molar-refractivity contribution >= 4 is 0 Å². The Morgan fingerprint density at radius 3 is 3.21 bits per heavy atom. The van der Waals surface area contributed by atoms with E-state index < -0.39 is 0 Å². The molecule has 2 rings (SSSR count). The monoisotopic (exact) mass is 193 g/mol. The van der Waals surface area contributed by atoms with Gasteiger partial charge >= 0.3 is 0 Å². The lowest BCUT2D eigenvalue weighted by Crippen LogP contribution is -2.13. The SMILES string of the molecule is NCc1ccnc(CC2CCCO2)n1. The molecule has 1 atom stereocenters. The van der Waals surface area contributed by atoms with Crippen LogP contribution in [0.2, 0.25) is 0 Å². The summed E-state index contributed by atoms with van der Waals surface area (Å²) in [5.74, 6) is 0.847. The summed E-state index contributed by atoms with van der Waals surface area (Å²) in [4.78, 5) is 8.54. The van der Waals surface area contributed by atoms with Gasteiger partial charge in [-0.1, -0.05) is 0 Å². The van der Waals surface area contributed by atoms with Crippen LogP contribution in [0.3, 0.4) is 0 Å². The zero-order valence-electron chi connectivity index (χ0n) is 8.15. The van der Waals surface area contributed by atoms with Gasteiger partial charge < -0.3 is 10.5 Å². The van der Waals surface area contributed by atoms with Crippen LogP contribution < -0.4 is 5.73 Å². The molecule has 2 heterocycles. The normalized spacial score (nSPS) is 21.4. The lowest BCUT2D eigenvalue weighted by Gasteiger charge is -2.07. The Bertz CT molecular complexity index is 297. The summed E-state index contributed by atoms with van der Waals surface area (Å²) in [7, 11) is 0. The maximum atomic E-state index is 5.52. The fourth-order valence-corrected chi connectivity index (χ4v) is 1.66. The first-order valence-corrected chi connectivity index (χ1v) is 5.01. The van der Waals surface area contributed by atoms with Crippen molar-refractivity contribution in [1.29, 1.82) is 0 Å². The van der Waals surface area contributed by atoms with Gasteiger partial charge in [-0.05, 0) is 18.9 Å². The van der Waals surface area contributed by atoms with E-state index in [9.17, 15) is 0 Å². The van der Waals surface area contributed by atoms with Gasteiger partial charge in [-0.3, -0.25) is 0 Å². The topological polar surface area (TPSA) is 61.0 Å². The Balaban J connectivity index is 2.00. The van der Waals surface area contributed by atoms with Gasteiger partial charge in [-0.15, -0.1) is 0 Å². The highest BCUT2D eigenvalue weighted by molar-refractivity contribution is 5.02. The first-order valence-electron chi connectivity index (χ1n) is 5.01. The maximum Gasteiger partial charge on any atom is 0.131 e. The highest BCUT2D eigenvalue weighted by Crippen LogP contribution is 2.15. The molecule has 14 heavy (non-hydrogen) atoms. The van der Waals surface area contributed by atoms with Crippen molar-refractivity contribution in [3.63, 3.8) is 0 Å². The molecule has 4 heteroatoms. The molecule has 0 spiro atoms. The minimum atomic E-state index is 0.308. The van der Waals surface area contributed by atoms with E-state index in [0.717, 1.165) is 37.4 Å². The summed E-state index contributed by atoms with van der Waals surface area (Å²) in [5, 5.41) is 0. The molecule has 1 saturated heterocycles. The van der Waals surface area contributed by atoms with E-state index in [4.69, 9.17) is 10.5 Å². The number of hydrogen-bond donors (Lipinski definition) is 1. The molecule has 0 bridgehead atoms. The number of aromatic nitrogens is 2. The maximum absolute atomic E-state index is 5.52. The predicted molar refractivity (Wildman–Crippen MR) is 52.6 cm³/mol. The van der Waals surface area contributed by atoms with Gasteiger partial charge in [-0.2, -0.15) is 0 Å². The lowest BCUT2D eigenvalue weighted by molar-refractivity contribution is 0.110. The van der Waals surface area contributed by atoms with Crippen molar-refractivity contribution in [2.24, 2.45) is 5.73 Å². The van der Waals surface area contributed by atoms with E-state index in [1.54, 1.807) is 6.20 Å². The molecular weight excluding hydrogens is 178 g/mol. The first-order chi connectivity index (χ1) is 6.88. The predicted octanol–water partition coefficient (Wildman–Crippen LogP) is 0.657. The molecule has 1 fully saturated rings. The molecular formula is C10H15N3O. The molecule has 1 aliphatic heterocycles. The third-order valence-corrected chi connectivity index (χ3v) is 2.41. The van der Waals surface area contributed by atoms with E-state index >= 15 is 0 Å². The lowest BCUT2D eigenvalue weighted by atomic mass is 10.2. The van der Waals surface area contributed by atoms with E-state index in [2.05, 4.69) is 9.97 Å². The summed E-state index contributed by atoms with van der Waals surface area (Å²) in [6, 6.07) is 1.85. The van der Waals surface area contributed by atoms with Crippen LogP contribution in [0.15, 0.2) is 12.3 Å². The van der Waals surface area contributed by atoms with Crippen molar-refractivity contribution in [1.82, 2.24) is 9.97 Å². The third kappa shape index (κ3) is 2.27. The number of nitrogens with two attached hydrogens (primary N) is 1. The van der Waals surface area contributed by atoms with Crippen molar-refractivity contribution in [3.8, 4) is 0 Å². The van der Waals surface area contributed by atoms with Gasteiger partial charge in [-0.25, -0.2) is 9.97 Å². The number of nitrogens with zero attached hydrogens (tertiary/aromatic N) is 2. The zero-order chi connectivity index (χ0) is 9.80. The van der Waals surface area contributed by atoms with E-state index in [0.29, 0.717) is 12.6 Å². The molecule has 0 saturated carbocycles. The fourth-order valence-electron chi connectivity index (χ4n) is 1.66. The van der Waals surface area contributed by atoms with Gasteiger partial charge in [0.1, 0.15) is 5.82 Å². The van der Waals surface area contributed by atoms with Crippen LogP contribution in [-0.4, -0.2) is 22.7 Å². The summed E-state index contributed by atoms with van der Waals surface area (Å²) in [6.07, 6.45) is 5.16. The van der Waals surface area contributed by atoms with E-state index in [1.807, 2.05) is 6.07 Å². The van der Waals surface area contributed by atoms with Crippen molar-refractivity contribution < 1.29 is 4.74 Å². The molecule has 1 aliphatic rings. The fraction of sp³-hybridized carbons (Fsp3) is 0.600. The Hall–Kier alpha value is -1.00. The summed E-state index contributed by atoms with van der Waals surface area (Å²) in [6.45, 7) is 1.35. The number of ether oxygens (including phenoxy) is 1. The van der Waals surface area contributed by atoms with Gasteiger partial charge in [0.25, 0.3) is 0 Å². The number of hydrogen-bond acceptors (Lipinski definition) is 4. The Morgan fingerprint density at radius 1 is 1.57 bits per heavy atom. The molecule has 4 nitrogen and oxygen atoms in total. The standard InChI is InChI=1S/C10H15N3O/c11-7-8-3-4-12-10(13-8)6-9-2-1-5-14-9/h3-4,9H,1-2,5-7,11H2. The van der Waals surface area contributed by atoms with Gasteiger partial charge in [0, 0.05) is 25.8 Å². The average Bonchev–Trinajstić information content (AvgIpc) is 2.71. The third-order valence-electron chi connectivity index (χ3n) is 2.41. The smallest absolute Gasteiger partial charge is 0.131 e. The second-order valence-electron chi connectivity index (χ2n) is 3.51. The van der Waals surface area contributed by atoms with Crippen LogP contribution in [0, 0.1) is 0 Å². The second-order valence-corrected chi connectivity index (χ2v) is 3.51. The van der Waals surface area contributed by atoms with Crippen molar-refractivity contribution in [2.75, 3.05) is 6.61 Å². The zero-order valence-corrected chi connectivity index (χ0v) is 8.15. The highest BCUT2D eigenvalue weighted by Gasteiger charge is 2.17. The van der Waals surface area contributed by atoms with E-state index in [-0.39, 0.29) is 0 Å². The highest BCUT2D eigenvalue weighted by atomic mass is 16.5. The molecule has 0 aromatic carbocycles. The summed E-state index contributed by atoms with van der Waals surface area (Å²) < 4.78 is 5.52. The number of rotatable bonds is 3. The van der Waals surface area contributed by atoms with Crippen molar-refractivity contribution in [2.45, 2.75) is 31.9 Å². The average molecular weight is 193 g/mol. The van der Waals surface area contributed by atoms with Gasteiger partial charge in [0.05, 0.1) is 11.8 Å². The van der Waals surface area contributed by atoms with Crippen LogP contribution in [0.1, 0.15) is 24.4 Å². The largest absolute Gasteiger partial charge is 0.378 e. The molecule has 0 amide bonds. The molecule has 1 unspecified atom stereocenters. The Kier molecular flexibility index (Phi) is 3.06. The summed E-state index contributed by atoms with van der Waals surface area (Å²) >= 11 is 0. The minimum absolute atomic E-state index is 0.308. The van der Waals surface area contributed by atoms with Crippen LogP contribution >= 0.6 is 0 Å². The molecule has 76 valence electrons.